The van der Waals surface area contributed by atoms with Gasteiger partial charge in [-0.3, -0.25) is 4.79 Å². The number of benzene rings is 1. The van der Waals surface area contributed by atoms with Gasteiger partial charge in [-0.1, -0.05) is 12.1 Å². The van der Waals surface area contributed by atoms with Crippen molar-refractivity contribution in [1.82, 2.24) is 5.32 Å². The van der Waals surface area contributed by atoms with E-state index in [2.05, 4.69) is 5.32 Å². The molecule has 2 atom stereocenters. The van der Waals surface area contributed by atoms with Crippen LogP contribution in [0.3, 0.4) is 0 Å². The van der Waals surface area contributed by atoms with E-state index in [0.29, 0.717) is 6.54 Å². The zero-order valence-electron chi connectivity index (χ0n) is 9.98. The molecule has 0 aromatic heterocycles. The van der Waals surface area contributed by atoms with Gasteiger partial charge in [0, 0.05) is 12.2 Å². The van der Waals surface area contributed by atoms with Crippen molar-refractivity contribution in [3.8, 4) is 0 Å². The third kappa shape index (κ3) is 2.58. The number of nitrogens with two attached hydrogens (primary N) is 1. The zero-order valence-corrected chi connectivity index (χ0v) is 9.98. The smallest absolute Gasteiger partial charge is 0.310 e. The fraction of sp³-hybridized carbons (Fsp3) is 0.462. The summed E-state index contributed by atoms with van der Waals surface area (Å²) in [5.74, 6) is -0.0626. The maximum atomic E-state index is 11.7. The zero-order chi connectivity index (χ0) is 12.3. The molecule has 17 heavy (non-hydrogen) atoms. The van der Waals surface area contributed by atoms with Gasteiger partial charge in [-0.2, -0.15) is 0 Å². The van der Waals surface area contributed by atoms with Crippen LogP contribution in [-0.2, 0) is 9.53 Å². The first kappa shape index (κ1) is 11.9. The van der Waals surface area contributed by atoms with Gasteiger partial charge in [0.25, 0.3) is 0 Å². The molecule has 1 aromatic rings. The average molecular weight is 234 g/mol. The molecule has 2 rings (SSSR count). The molecule has 0 spiro atoms. The topological polar surface area (TPSA) is 64.3 Å². The van der Waals surface area contributed by atoms with Gasteiger partial charge in [0.05, 0.1) is 13.0 Å². The second-order valence-electron chi connectivity index (χ2n) is 4.40. The summed E-state index contributed by atoms with van der Waals surface area (Å²) in [4.78, 5) is 11.7. The van der Waals surface area contributed by atoms with Crippen molar-refractivity contribution < 1.29 is 9.53 Å². The van der Waals surface area contributed by atoms with E-state index in [9.17, 15) is 4.79 Å². The Labute approximate surface area is 101 Å². The molecule has 4 nitrogen and oxygen atoms in total. The van der Waals surface area contributed by atoms with Crippen molar-refractivity contribution in [2.45, 2.75) is 12.3 Å². The first-order valence-electron chi connectivity index (χ1n) is 5.86. The van der Waals surface area contributed by atoms with Gasteiger partial charge in [0.2, 0.25) is 0 Å². The number of carbonyl (C=O) groups is 1. The predicted molar refractivity (Wildman–Crippen MR) is 66.6 cm³/mol. The molecule has 0 unspecified atom stereocenters. The van der Waals surface area contributed by atoms with Crippen LogP contribution in [0.5, 0.6) is 0 Å². The maximum absolute atomic E-state index is 11.7. The number of hydrogen-bond donors (Lipinski definition) is 2. The second-order valence-corrected chi connectivity index (χ2v) is 4.40. The predicted octanol–water partition coefficient (Wildman–Crippen LogP) is 1.13. The van der Waals surface area contributed by atoms with E-state index in [1.54, 1.807) is 0 Å². The van der Waals surface area contributed by atoms with Gasteiger partial charge in [-0.25, -0.2) is 0 Å². The first-order chi connectivity index (χ1) is 8.22. The molecule has 92 valence electrons. The van der Waals surface area contributed by atoms with Crippen molar-refractivity contribution in [1.29, 1.82) is 0 Å². The molecular weight excluding hydrogens is 216 g/mol. The Hall–Kier alpha value is -1.55. The highest BCUT2D eigenvalue weighted by atomic mass is 16.5. The molecule has 4 heteroatoms. The molecule has 0 radical (unpaired) electrons. The van der Waals surface area contributed by atoms with Crippen molar-refractivity contribution in [3.63, 3.8) is 0 Å². The monoisotopic (exact) mass is 234 g/mol. The van der Waals surface area contributed by atoms with E-state index in [4.69, 9.17) is 10.5 Å². The minimum atomic E-state index is -0.148. The van der Waals surface area contributed by atoms with E-state index in [1.807, 2.05) is 24.3 Å². The summed E-state index contributed by atoms with van der Waals surface area (Å²) in [6, 6.07) is 7.77. The molecule has 1 heterocycles. The molecule has 3 N–H and O–H groups in total. The van der Waals surface area contributed by atoms with Gasteiger partial charge >= 0.3 is 5.97 Å². The minimum Gasteiger partial charge on any atom is -0.469 e. The van der Waals surface area contributed by atoms with E-state index < -0.39 is 0 Å². The first-order valence-corrected chi connectivity index (χ1v) is 5.86. The maximum Gasteiger partial charge on any atom is 0.310 e. The molecule has 0 bridgehead atoms. The normalized spacial score (nSPS) is 24.3. The van der Waals surface area contributed by atoms with Crippen LogP contribution in [0.15, 0.2) is 24.3 Å². The molecule has 0 saturated carbocycles. The quantitative estimate of drug-likeness (QED) is 0.595. The Kier molecular flexibility index (Phi) is 3.64. The highest BCUT2D eigenvalue weighted by Gasteiger charge is 2.32. The highest BCUT2D eigenvalue weighted by molar-refractivity contribution is 5.74. The van der Waals surface area contributed by atoms with E-state index in [1.165, 1.54) is 7.11 Å². The average Bonchev–Trinajstić information content (AvgIpc) is 2.38. The third-order valence-corrected chi connectivity index (χ3v) is 3.32. The van der Waals surface area contributed by atoms with E-state index >= 15 is 0 Å². The third-order valence-electron chi connectivity index (χ3n) is 3.32. The summed E-state index contributed by atoms with van der Waals surface area (Å²) in [7, 11) is 1.44. The number of esters is 1. The Morgan fingerprint density at radius 2 is 2.35 bits per heavy atom. The van der Waals surface area contributed by atoms with Crippen LogP contribution in [0, 0.1) is 5.92 Å². The summed E-state index contributed by atoms with van der Waals surface area (Å²) in [6.45, 7) is 1.60. The number of piperidine rings is 1. The molecule has 0 aliphatic carbocycles. The summed E-state index contributed by atoms with van der Waals surface area (Å²) in [5.41, 5.74) is 7.65. The summed E-state index contributed by atoms with van der Waals surface area (Å²) in [6.07, 6.45) is 0.934. The number of nitrogen functional groups attached to an aromatic ring is 1. The van der Waals surface area contributed by atoms with E-state index in [-0.39, 0.29) is 17.8 Å². The summed E-state index contributed by atoms with van der Waals surface area (Å²) >= 11 is 0. The lowest BCUT2D eigenvalue weighted by atomic mass is 9.81. The number of rotatable bonds is 2. The van der Waals surface area contributed by atoms with Gasteiger partial charge in [0.15, 0.2) is 0 Å². The molecule has 1 saturated heterocycles. The van der Waals surface area contributed by atoms with Crippen molar-refractivity contribution >= 4 is 11.7 Å². The van der Waals surface area contributed by atoms with Crippen molar-refractivity contribution in [2.75, 3.05) is 25.9 Å². The van der Waals surface area contributed by atoms with Crippen LogP contribution >= 0.6 is 0 Å². The Morgan fingerprint density at radius 3 is 3.06 bits per heavy atom. The molecule has 1 aromatic carbocycles. The van der Waals surface area contributed by atoms with Crippen LogP contribution in [0.2, 0.25) is 0 Å². The largest absolute Gasteiger partial charge is 0.469 e. The highest BCUT2D eigenvalue weighted by Crippen LogP contribution is 2.31. The Morgan fingerprint density at radius 1 is 1.53 bits per heavy atom. The van der Waals surface area contributed by atoms with Crippen LogP contribution in [0.1, 0.15) is 17.9 Å². The number of carbonyl (C=O) groups excluding carboxylic acids is 1. The number of anilines is 1. The molecule has 0 amide bonds. The lowest BCUT2D eigenvalue weighted by Gasteiger charge is -2.30. The van der Waals surface area contributed by atoms with E-state index in [0.717, 1.165) is 24.2 Å². The van der Waals surface area contributed by atoms with Crippen LogP contribution in [-0.4, -0.2) is 26.2 Å². The SMILES string of the molecule is COC(=O)[C@H]1CNCC[C@@H]1c1cccc(N)c1. The minimum absolute atomic E-state index is 0.115. The Bertz CT molecular complexity index is 406. The summed E-state index contributed by atoms with van der Waals surface area (Å²) in [5, 5.41) is 3.23. The lowest BCUT2D eigenvalue weighted by molar-refractivity contribution is -0.146. The lowest BCUT2D eigenvalue weighted by Crippen LogP contribution is -2.40. The number of methoxy groups -OCH3 is 1. The van der Waals surface area contributed by atoms with Crippen molar-refractivity contribution in [3.05, 3.63) is 29.8 Å². The van der Waals surface area contributed by atoms with Crippen LogP contribution in [0.25, 0.3) is 0 Å². The van der Waals surface area contributed by atoms with Gasteiger partial charge in [-0.15, -0.1) is 0 Å². The fourth-order valence-corrected chi connectivity index (χ4v) is 2.45. The van der Waals surface area contributed by atoms with Crippen molar-refractivity contribution in [2.24, 2.45) is 5.92 Å². The van der Waals surface area contributed by atoms with Crippen LogP contribution in [0.4, 0.5) is 5.69 Å². The summed E-state index contributed by atoms with van der Waals surface area (Å²) < 4.78 is 4.86. The standard InChI is InChI=1S/C13H18N2O2/c1-17-13(16)12-8-15-6-5-11(12)9-3-2-4-10(14)7-9/h2-4,7,11-12,15H,5-6,8,14H2,1H3/t11-,12+/m1/s1. The number of hydrogen-bond acceptors (Lipinski definition) is 4. The Balaban J connectivity index is 2.24. The fourth-order valence-electron chi connectivity index (χ4n) is 2.45. The molecule has 1 aliphatic heterocycles. The second kappa shape index (κ2) is 5.19. The van der Waals surface area contributed by atoms with Crippen LogP contribution < -0.4 is 11.1 Å². The molecule has 1 fully saturated rings. The van der Waals surface area contributed by atoms with Gasteiger partial charge < -0.3 is 15.8 Å². The molecular formula is C13H18N2O2. The number of ether oxygens (including phenoxy) is 1. The number of nitrogens with one attached hydrogen (secondary N) is 1. The van der Waals surface area contributed by atoms with Gasteiger partial charge in [-0.05, 0) is 36.6 Å². The van der Waals surface area contributed by atoms with Gasteiger partial charge in [0.1, 0.15) is 0 Å². The molecule has 1 aliphatic rings.